The Morgan fingerprint density at radius 1 is 1.02 bits per heavy atom. The molecule has 0 radical (unpaired) electrons. The van der Waals surface area contributed by atoms with Gasteiger partial charge in [0.15, 0.2) is 6.10 Å². The summed E-state index contributed by atoms with van der Waals surface area (Å²) in [5.41, 5.74) is 5.36. The number of carbonyl (C=O) groups excluding carboxylic acids is 3. The van der Waals surface area contributed by atoms with Crippen LogP contribution in [0.25, 0.3) is 11.1 Å². The van der Waals surface area contributed by atoms with E-state index in [0.717, 1.165) is 53.5 Å². The van der Waals surface area contributed by atoms with Gasteiger partial charge in [-0.25, -0.2) is 4.79 Å². The molecule has 8 nitrogen and oxygen atoms in total. The van der Waals surface area contributed by atoms with Gasteiger partial charge >= 0.3 is 6.09 Å². The van der Waals surface area contributed by atoms with Crippen LogP contribution in [0.15, 0.2) is 60.7 Å². The molecule has 2 aromatic rings. The SMILES string of the molecule is C=C1C[C@@H](C(=O)N[C@@H](CCC)C(OC(C)CC)C(=O)NC2CC2)N(C(=O)OCC2c3ccccc3-c3ccccc32)C1. The fourth-order valence-electron chi connectivity index (χ4n) is 5.99. The maximum Gasteiger partial charge on any atom is 0.410 e. The van der Waals surface area contributed by atoms with E-state index >= 15 is 0 Å². The second kappa shape index (κ2) is 13.1. The lowest BCUT2D eigenvalue weighted by Crippen LogP contribution is -2.56. The highest BCUT2D eigenvalue weighted by Crippen LogP contribution is 2.44. The molecule has 1 saturated carbocycles. The highest BCUT2D eigenvalue weighted by molar-refractivity contribution is 5.89. The number of rotatable bonds is 12. The average molecular weight is 574 g/mol. The van der Waals surface area contributed by atoms with Gasteiger partial charge in [-0.15, -0.1) is 0 Å². The molecule has 5 rings (SSSR count). The second-order valence-electron chi connectivity index (χ2n) is 11.9. The Kier molecular flexibility index (Phi) is 9.31. The van der Waals surface area contributed by atoms with Crippen molar-refractivity contribution in [3.63, 3.8) is 0 Å². The lowest BCUT2D eigenvalue weighted by atomic mass is 9.98. The normalized spacial score (nSPS) is 19.9. The first-order valence-corrected chi connectivity index (χ1v) is 15.3. The lowest BCUT2D eigenvalue weighted by molar-refractivity contribution is -0.141. The standard InChI is InChI=1S/C34H43N3O5/c1-5-11-29(31(42-22(4)6-2)33(39)35-23-16-17-23)36-32(38)30-18-21(3)19-37(30)34(40)41-20-28-26-14-9-7-12-24(26)25-13-8-10-15-27(25)28/h7-10,12-15,22-23,28-31H,3,5-6,11,16-20H2,1-2,4H3,(H,35,39)(H,36,38)/t22?,29-,30-,31?/m0/s1. The van der Waals surface area contributed by atoms with Crippen LogP contribution < -0.4 is 10.6 Å². The second-order valence-corrected chi connectivity index (χ2v) is 11.9. The summed E-state index contributed by atoms with van der Waals surface area (Å²) in [6.45, 7) is 10.4. The van der Waals surface area contributed by atoms with Crippen LogP contribution in [0.2, 0.25) is 0 Å². The summed E-state index contributed by atoms with van der Waals surface area (Å²) in [4.78, 5) is 41.8. The Balaban J connectivity index is 1.27. The molecule has 2 aliphatic carbocycles. The van der Waals surface area contributed by atoms with Crippen LogP contribution in [0.4, 0.5) is 4.79 Å². The third-order valence-electron chi connectivity index (χ3n) is 8.55. The van der Waals surface area contributed by atoms with Crippen molar-refractivity contribution < 1.29 is 23.9 Å². The number of fused-ring (bicyclic) bond motifs is 3. The molecule has 1 aliphatic heterocycles. The lowest BCUT2D eigenvalue weighted by Gasteiger charge is -2.31. The van der Waals surface area contributed by atoms with Crippen LogP contribution in [0.3, 0.4) is 0 Å². The van der Waals surface area contributed by atoms with E-state index in [1.807, 2.05) is 45.0 Å². The van der Waals surface area contributed by atoms with Gasteiger partial charge in [-0.05, 0) is 61.3 Å². The highest BCUT2D eigenvalue weighted by Gasteiger charge is 2.41. The summed E-state index contributed by atoms with van der Waals surface area (Å²) in [6.07, 6.45) is 2.87. The molecule has 2 unspecified atom stereocenters. The van der Waals surface area contributed by atoms with Crippen molar-refractivity contribution in [3.8, 4) is 11.1 Å². The van der Waals surface area contributed by atoms with E-state index in [0.29, 0.717) is 12.8 Å². The topological polar surface area (TPSA) is 97.0 Å². The first-order valence-electron chi connectivity index (χ1n) is 15.3. The molecular weight excluding hydrogens is 530 g/mol. The molecule has 0 aromatic heterocycles. The Morgan fingerprint density at radius 2 is 1.67 bits per heavy atom. The number of hydrogen-bond acceptors (Lipinski definition) is 5. The third-order valence-corrected chi connectivity index (χ3v) is 8.55. The summed E-state index contributed by atoms with van der Waals surface area (Å²) in [6, 6.07) is 15.3. The Bertz CT molecular complexity index is 1280. The number of carbonyl (C=O) groups is 3. The van der Waals surface area contributed by atoms with E-state index in [2.05, 4.69) is 41.5 Å². The molecule has 2 aromatic carbocycles. The van der Waals surface area contributed by atoms with E-state index < -0.39 is 24.3 Å². The number of likely N-dealkylation sites (tertiary alicyclic amines) is 1. The predicted octanol–water partition coefficient (Wildman–Crippen LogP) is 5.31. The largest absolute Gasteiger partial charge is 0.448 e. The zero-order valence-electron chi connectivity index (χ0n) is 24.9. The summed E-state index contributed by atoms with van der Waals surface area (Å²) in [5.74, 6) is -0.588. The minimum absolute atomic E-state index is 0.0724. The number of benzene rings is 2. The van der Waals surface area contributed by atoms with Gasteiger partial charge in [0.25, 0.3) is 5.91 Å². The van der Waals surface area contributed by atoms with Crippen molar-refractivity contribution in [2.24, 2.45) is 0 Å². The Morgan fingerprint density at radius 3 is 2.26 bits per heavy atom. The number of nitrogens with one attached hydrogen (secondary N) is 2. The third kappa shape index (κ3) is 6.54. The average Bonchev–Trinajstić information content (AvgIpc) is 3.63. The highest BCUT2D eigenvalue weighted by atomic mass is 16.6. The quantitative estimate of drug-likeness (QED) is 0.336. The molecule has 2 fully saturated rings. The summed E-state index contributed by atoms with van der Waals surface area (Å²) >= 11 is 0. The van der Waals surface area contributed by atoms with Gasteiger partial charge in [0.1, 0.15) is 12.6 Å². The van der Waals surface area contributed by atoms with Crippen molar-refractivity contribution in [2.45, 2.75) is 95.5 Å². The molecule has 8 heteroatoms. The molecule has 0 spiro atoms. The van der Waals surface area contributed by atoms with Crippen molar-refractivity contribution in [3.05, 3.63) is 71.8 Å². The fraction of sp³-hybridized carbons (Fsp3) is 0.500. The molecular formula is C34H43N3O5. The molecule has 4 atom stereocenters. The van der Waals surface area contributed by atoms with Crippen LogP contribution in [0, 0.1) is 0 Å². The van der Waals surface area contributed by atoms with Gasteiger partial charge in [-0.3, -0.25) is 14.5 Å². The number of ether oxygens (including phenoxy) is 2. The molecule has 3 aliphatic rings. The minimum atomic E-state index is -0.808. The van der Waals surface area contributed by atoms with E-state index in [1.165, 1.54) is 4.90 Å². The summed E-state index contributed by atoms with van der Waals surface area (Å²) < 4.78 is 12.1. The van der Waals surface area contributed by atoms with E-state index in [1.54, 1.807) is 0 Å². The molecule has 0 bridgehead atoms. The number of amides is 3. The van der Waals surface area contributed by atoms with Gasteiger partial charge in [0.2, 0.25) is 5.91 Å². The van der Waals surface area contributed by atoms with E-state index in [4.69, 9.17) is 9.47 Å². The molecule has 1 saturated heterocycles. The summed E-state index contributed by atoms with van der Waals surface area (Å²) in [5, 5.41) is 6.12. The van der Waals surface area contributed by atoms with E-state index in [9.17, 15) is 14.4 Å². The first kappa shape index (κ1) is 29.8. The molecule has 224 valence electrons. The van der Waals surface area contributed by atoms with Crippen LogP contribution >= 0.6 is 0 Å². The minimum Gasteiger partial charge on any atom is -0.448 e. The smallest absolute Gasteiger partial charge is 0.410 e. The van der Waals surface area contributed by atoms with Gasteiger partial charge in [0.05, 0.1) is 12.1 Å². The fourth-order valence-corrected chi connectivity index (χ4v) is 5.99. The van der Waals surface area contributed by atoms with Crippen molar-refractivity contribution in [1.29, 1.82) is 0 Å². The number of nitrogens with zero attached hydrogens (tertiary/aromatic N) is 1. The van der Waals surface area contributed by atoms with Crippen molar-refractivity contribution in [2.75, 3.05) is 13.2 Å². The Labute approximate surface area is 248 Å². The monoisotopic (exact) mass is 573 g/mol. The predicted molar refractivity (Wildman–Crippen MR) is 162 cm³/mol. The van der Waals surface area contributed by atoms with Gasteiger partial charge in [-0.1, -0.05) is 81.0 Å². The molecule has 3 amide bonds. The van der Waals surface area contributed by atoms with Crippen LogP contribution in [-0.4, -0.2) is 66.3 Å². The maximum atomic E-state index is 13.7. The van der Waals surface area contributed by atoms with Crippen LogP contribution in [0.1, 0.15) is 76.3 Å². The van der Waals surface area contributed by atoms with Gasteiger partial charge in [0, 0.05) is 18.5 Å². The zero-order chi connectivity index (χ0) is 29.8. The maximum absolute atomic E-state index is 13.7. The zero-order valence-corrected chi connectivity index (χ0v) is 24.9. The molecule has 42 heavy (non-hydrogen) atoms. The van der Waals surface area contributed by atoms with E-state index in [-0.39, 0.29) is 43.0 Å². The van der Waals surface area contributed by atoms with Gasteiger partial charge < -0.3 is 20.1 Å². The summed E-state index contributed by atoms with van der Waals surface area (Å²) in [7, 11) is 0. The Hall–Kier alpha value is -3.65. The molecule has 1 heterocycles. The van der Waals surface area contributed by atoms with Gasteiger partial charge in [-0.2, -0.15) is 0 Å². The number of hydrogen-bond donors (Lipinski definition) is 2. The first-order chi connectivity index (χ1) is 20.3. The van der Waals surface area contributed by atoms with Crippen LogP contribution in [-0.2, 0) is 19.1 Å². The van der Waals surface area contributed by atoms with Crippen molar-refractivity contribution >= 4 is 17.9 Å². The molecule has 2 N–H and O–H groups in total. The van der Waals surface area contributed by atoms with Crippen molar-refractivity contribution in [1.82, 2.24) is 15.5 Å². The van der Waals surface area contributed by atoms with Crippen LogP contribution in [0.5, 0.6) is 0 Å².